The smallest absolute Gasteiger partial charge is 0.264 e. The molecule has 3 aromatic rings. The summed E-state index contributed by atoms with van der Waals surface area (Å²) < 4.78 is 8.57. The normalized spacial score (nSPS) is 20.6. The molecule has 0 atom stereocenters. The van der Waals surface area contributed by atoms with E-state index in [4.69, 9.17) is 4.74 Å². The van der Waals surface area contributed by atoms with E-state index in [1.165, 1.54) is 16.5 Å². The van der Waals surface area contributed by atoms with Gasteiger partial charge in [-0.25, -0.2) is 9.67 Å². The maximum Gasteiger partial charge on any atom is 0.264 e. The van der Waals surface area contributed by atoms with Crippen LogP contribution >= 0.6 is 0 Å². The molecule has 2 saturated heterocycles. The standard InChI is InChI=1S/C26H32N6O4/c33-24(20-3-4-20)30-9-7-26(35,8-10-30)17-31-18-27-23-22(25(31)34)15-28-32(23)21-5-1-19(2-6-21)16-29-11-13-36-14-12-29/h1-2,5-6,15,18,20,35H,3-4,7-14,16-17H2. The van der Waals surface area contributed by atoms with Crippen LogP contribution in [0.2, 0.25) is 0 Å². The Morgan fingerprint density at radius 1 is 1.08 bits per heavy atom. The summed E-state index contributed by atoms with van der Waals surface area (Å²) in [6, 6.07) is 8.15. The van der Waals surface area contributed by atoms with Crippen molar-refractivity contribution in [2.24, 2.45) is 5.92 Å². The molecule has 190 valence electrons. The maximum atomic E-state index is 13.2. The Balaban J connectivity index is 1.16. The molecule has 0 unspecified atom stereocenters. The number of amides is 1. The number of carbonyl (C=O) groups excluding carboxylic acids is 1. The van der Waals surface area contributed by atoms with E-state index < -0.39 is 5.60 Å². The molecule has 2 aliphatic heterocycles. The van der Waals surface area contributed by atoms with Gasteiger partial charge in [0.05, 0.1) is 37.2 Å². The molecular weight excluding hydrogens is 460 g/mol. The highest BCUT2D eigenvalue weighted by molar-refractivity contribution is 5.81. The largest absolute Gasteiger partial charge is 0.388 e. The number of aromatic nitrogens is 4. The van der Waals surface area contributed by atoms with Crippen LogP contribution < -0.4 is 5.56 Å². The Bertz CT molecular complexity index is 1300. The van der Waals surface area contributed by atoms with Crippen LogP contribution in [-0.4, -0.2) is 85.1 Å². The van der Waals surface area contributed by atoms with Crippen LogP contribution in [-0.2, 0) is 22.6 Å². The van der Waals surface area contributed by atoms with E-state index in [9.17, 15) is 14.7 Å². The van der Waals surface area contributed by atoms with Crippen LogP contribution in [0.3, 0.4) is 0 Å². The zero-order valence-electron chi connectivity index (χ0n) is 20.4. The molecule has 0 spiro atoms. The number of hydrogen-bond donors (Lipinski definition) is 1. The summed E-state index contributed by atoms with van der Waals surface area (Å²) in [5, 5.41) is 16.0. The summed E-state index contributed by atoms with van der Waals surface area (Å²) in [5.41, 5.74) is 1.29. The SMILES string of the molecule is O=C(C1CC1)N1CCC(O)(Cn2cnc3c(cnn3-c3ccc(CN4CCOCC4)cc3)c2=O)CC1. The first-order valence-corrected chi connectivity index (χ1v) is 12.8. The van der Waals surface area contributed by atoms with Gasteiger partial charge in [-0.2, -0.15) is 5.10 Å². The minimum atomic E-state index is -1.04. The lowest BCUT2D eigenvalue weighted by molar-refractivity contribution is -0.137. The number of hydrogen-bond acceptors (Lipinski definition) is 7. The van der Waals surface area contributed by atoms with E-state index in [2.05, 4.69) is 27.1 Å². The van der Waals surface area contributed by atoms with Gasteiger partial charge in [-0.3, -0.25) is 19.1 Å². The Labute approximate surface area is 209 Å². The molecule has 10 nitrogen and oxygen atoms in total. The van der Waals surface area contributed by atoms with E-state index in [1.54, 1.807) is 10.9 Å². The number of likely N-dealkylation sites (tertiary alicyclic amines) is 1. The molecule has 3 aliphatic rings. The zero-order chi connectivity index (χ0) is 24.7. The van der Waals surface area contributed by atoms with Crippen molar-refractivity contribution < 1.29 is 14.6 Å². The second kappa shape index (κ2) is 9.42. The molecule has 10 heteroatoms. The van der Waals surface area contributed by atoms with Crippen molar-refractivity contribution in [3.63, 3.8) is 0 Å². The first kappa shape index (κ1) is 23.3. The van der Waals surface area contributed by atoms with E-state index >= 15 is 0 Å². The number of fused-ring (bicyclic) bond motifs is 1. The quantitative estimate of drug-likeness (QED) is 0.551. The maximum absolute atomic E-state index is 13.2. The minimum absolute atomic E-state index is 0.154. The predicted octanol–water partition coefficient (Wildman–Crippen LogP) is 1.18. The van der Waals surface area contributed by atoms with Gasteiger partial charge < -0.3 is 14.7 Å². The third-order valence-corrected chi connectivity index (χ3v) is 7.64. The van der Waals surface area contributed by atoms with Crippen LogP contribution in [0.1, 0.15) is 31.2 Å². The molecule has 1 saturated carbocycles. The Morgan fingerprint density at radius 2 is 1.81 bits per heavy atom. The fraction of sp³-hybridized carbons (Fsp3) is 0.538. The Hall–Kier alpha value is -3.08. The number of carbonyl (C=O) groups is 1. The van der Waals surface area contributed by atoms with Crippen molar-refractivity contribution in [1.29, 1.82) is 0 Å². The molecule has 36 heavy (non-hydrogen) atoms. The molecule has 1 aliphatic carbocycles. The fourth-order valence-electron chi connectivity index (χ4n) is 5.22. The Kier molecular flexibility index (Phi) is 6.10. The van der Waals surface area contributed by atoms with Crippen LogP contribution in [0, 0.1) is 5.92 Å². The fourth-order valence-corrected chi connectivity index (χ4v) is 5.22. The van der Waals surface area contributed by atoms with Crippen LogP contribution in [0.4, 0.5) is 0 Å². The van der Waals surface area contributed by atoms with Gasteiger partial charge in [0.15, 0.2) is 5.65 Å². The molecule has 1 amide bonds. The number of aliphatic hydroxyl groups is 1. The van der Waals surface area contributed by atoms with Gasteiger partial charge in [-0.15, -0.1) is 0 Å². The molecular formula is C26H32N6O4. The molecule has 2 aromatic heterocycles. The second-order valence-electron chi connectivity index (χ2n) is 10.4. The molecule has 3 fully saturated rings. The van der Waals surface area contributed by atoms with E-state index in [-0.39, 0.29) is 23.9 Å². The van der Waals surface area contributed by atoms with Gasteiger partial charge >= 0.3 is 0 Å². The van der Waals surface area contributed by atoms with Crippen LogP contribution in [0.5, 0.6) is 0 Å². The summed E-state index contributed by atoms with van der Waals surface area (Å²) in [7, 11) is 0. The predicted molar refractivity (Wildman–Crippen MR) is 133 cm³/mol. The molecule has 4 heterocycles. The van der Waals surface area contributed by atoms with E-state index in [0.29, 0.717) is 37.0 Å². The van der Waals surface area contributed by atoms with Gasteiger partial charge in [0.25, 0.3) is 5.56 Å². The van der Waals surface area contributed by atoms with Crippen molar-refractivity contribution in [3.8, 4) is 5.69 Å². The zero-order valence-corrected chi connectivity index (χ0v) is 20.4. The second-order valence-corrected chi connectivity index (χ2v) is 10.4. The van der Waals surface area contributed by atoms with Gasteiger partial charge in [-0.05, 0) is 43.4 Å². The van der Waals surface area contributed by atoms with Crippen molar-refractivity contribution in [3.05, 3.63) is 52.7 Å². The molecule has 1 N–H and O–H groups in total. The molecule has 1 aromatic carbocycles. The summed E-state index contributed by atoms with van der Waals surface area (Å²) in [5.74, 6) is 0.391. The molecule has 6 rings (SSSR count). The number of morpholine rings is 1. The highest BCUT2D eigenvalue weighted by atomic mass is 16.5. The third kappa shape index (κ3) is 4.68. The van der Waals surface area contributed by atoms with Gasteiger partial charge in [0.1, 0.15) is 11.7 Å². The van der Waals surface area contributed by atoms with Crippen molar-refractivity contribution in [2.45, 2.75) is 44.4 Å². The lowest BCUT2D eigenvalue weighted by Gasteiger charge is -2.38. The van der Waals surface area contributed by atoms with Crippen LogP contribution in [0.25, 0.3) is 16.7 Å². The first-order chi connectivity index (χ1) is 17.5. The number of ether oxygens (including phenoxy) is 1. The average Bonchev–Trinajstić information content (AvgIpc) is 3.66. The van der Waals surface area contributed by atoms with Gasteiger partial charge in [-0.1, -0.05) is 12.1 Å². The lowest BCUT2D eigenvalue weighted by atomic mass is 9.91. The topological polar surface area (TPSA) is 106 Å². The average molecular weight is 493 g/mol. The summed E-state index contributed by atoms with van der Waals surface area (Å²) >= 11 is 0. The minimum Gasteiger partial charge on any atom is -0.388 e. The first-order valence-electron chi connectivity index (χ1n) is 12.8. The van der Waals surface area contributed by atoms with Crippen molar-refractivity contribution in [2.75, 3.05) is 39.4 Å². The van der Waals surface area contributed by atoms with Crippen molar-refractivity contribution >= 4 is 16.9 Å². The molecule has 0 radical (unpaired) electrons. The van der Waals surface area contributed by atoms with E-state index in [0.717, 1.165) is 51.4 Å². The Morgan fingerprint density at radius 3 is 2.50 bits per heavy atom. The lowest BCUT2D eigenvalue weighted by Crippen LogP contribution is -2.50. The number of rotatable bonds is 6. The van der Waals surface area contributed by atoms with E-state index in [1.807, 2.05) is 17.0 Å². The number of benzene rings is 1. The van der Waals surface area contributed by atoms with Gasteiger partial charge in [0.2, 0.25) is 5.91 Å². The van der Waals surface area contributed by atoms with Crippen molar-refractivity contribution in [1.82, 2.24) is 29.1 Å². The van der Waals surface area contributed by atoms with Crippen LogP contribution in [0.15, 0.2) is 41.6 Å². The summed E-state index contributed by atoms with van der Waals surface area (Å²) in [4.78, 5) is 34.3. The highest BCUT2D eigenvalue weighted by Crippen LogP contribution is 2.33. The third-order valence-electron chi connectivity index (χ3n) is 7.64. The molecule has 0 bridgehead atoms. The monoisotopic (exact) mass is 492 g/mol. The number of nitrogens with zero attached hydrogens (tertiary/aromatic N) is 6. The highest BCUT2D eigenvalue weighted by Gasteiger charge is 2.39. The van der Waals surface area contributed by atoms with Gasteiger partial charge in [0, 0.05) is 38.6 Å². The summed E-state index contributed by atoms with van der Waals surface area (Å²) in [6.45, 7) is 5.50. The summed E-state index contributed by atoms with van der Waals surface area (Å²) in [6.07, 6.45) is 5.90. The number of piperidine rings is 1.